The maximum Gasteiger partial charge on any atom is 0.328 e. The number of methoxy groups -OCH3 is 1. The van der Waals surface area contributed by atoms with Crippen molar-refractivity contribution in [3.63, 3.8) is 0 Å². The highest BCUT2D eigenvalue weighted by atomic mass is 16.5. The van der Waals surface area contributed by atoms with Gasteiger partial charge in [-0.05, 0) is 30.5 Å². The molecule has 8 heteroatoms. The standard InChI is InChI=1S/C24H29N5O3/c1-15(2)21(23(30)32-4)29-22-18-12-8-9-13-19(18)27-20(28-22)14-25-24(31)26-16(3)17-10-6-5-7-11-17/h5-13,15-16,21H,14H2,1-4H3,(H2,25,26,31)(H,27,28,29)/t16-,21+/m1/s1. The number of fused-ring (bicyclic) bond motifs is 1. The van der Waals surface area contributed by atoms with E-state index in [9.17, 15) is 9.59 Å². The number of esters is 1. The molecule has 0 spiro atoms. The predicted octanol–water partition coefficient (Wildman–Crippen LogP) is 3.80. The van der Waals surface area contributed by atoms with Crippen LogP contribution in [0.25, 0.3) is 10.9 Å². The number of anilines is 1. The van der Waals surface area contributed by atoms with Crippen molar-refractivity contribution in [3.05, 3.63) is 66.0 Å². The van der Waals surface area contributed by atoms with E-state index < -0.39 is 6.04 Å². The Balaban J connectivity index is 1.75. The van der Waals surface area contributed by atoms with Crippen LogP contribution in [0.2, 0.25) is 0 Å². The van der Waals surface area contributed by atoms with Gasteiger partial charge in [0.15, 0.2) is 5.82 Å². The minimum atomic E-state index is -0.561. The second-order valence-corrected chi connectivity index (χ2v) is 7.85. The molecule has 1 heterocycles. The van der Waals surface area contributed by atoms with Gasteiger partial charge in [-0.1, -0.05) is 56.3 Å². The topological polar surface area (TPSA) is 105 Å². The zero-order valence-corrected chi connectivity index (χ0v) is 18.8. The first-order chi connectivity index (χ1) is 15.4. The van der Waals surface area contributed by atoms with Gasteiger partial charge in [-0.3, -0.25) is 0 Å². The van der Waals surface area contributed by atoms with Crippen LogP contribution in [0.3, 0.4) is 0 Å². The number of amides is 2. The molecule has 8 nitrogen and oxygen atoms in total. The summed E-state index contributed by atoms with van der Waals surface area (Å²) in [5, 5.41) is 9.70. The molecule has 32 heavy (non-hydrogen) atoms. The van der Waals surface area contributed by atoms with Gasteiger partial charge in [0.1, 0.15) is 11.9 Å². The summed E-state index contributed by atoms with van der Waals surface area (Å²) in [6.45, 7) is 5.91. The Hall–Kier alpha value is -3.68. The predicted molar refractivity (Wildman–Crippen MR) is 124 cm³/mol. The van der Waals surface area contributed by atoms with E-state index in [1.807, 2.05) is 75.4 Å². The molecule has 3 aromatic rings. The Morgan fingerprint density at radius 2 is 1.66 bits per heavy atom. The number of urea groups is 1. The number of nitrogens with zero attached hydrogens (tertiary/aromatic N) is 2. The van der Waals surface area contributed by atoms with Gasteiger partial charge in [-0.25, -0.2) is 19.6 Å². The Kier molecular flexibility index (Phi) is 7.59. The lowest BCUT2D eigenvalue weighted by Crippen LogP contribution is -2.37. The lowest BCUT2D eigenvalue weighted by molar-refractivity contribution is -0.142. The molecule has 3 N–H and O–H groups in total. The van der Waals surface area contributed by atoms with Gasteiger partial charge >= 0.3 is 12.0 Å². The van der Waals surface area contributed by atoms with Crippen molar-refractivity contribution in [1.82, 2.24) is 20.6 Å². The van der Waals surface area contributed by atoms with Crippen molar-refractivity contribution in [1.29, 1.82) is 0 Å². The third-order valence-corrected chi connectivity index (χ3v) is 5.12. The molecule has 1 aromatic heterocycles. The molecule has 0 fully saturated rings. The number of carbonyl (C=O) groups excluding carboxylic acids is 2. The quantitative estimate of drug-likeness (QED) is 0.465. The van der Waals surface area contributed by atoms with E-state index in [-0.39, 0.29) is 30.5 Å². The van der Waals surface area contributed by atoms with E-state index in [2.05, 4.69) is 25.9 Å². The highest BCUT2D eigenvalue weighted by Gasteiger charge is 2.24. The molecule has 0 saturated carbocycles. The van der Waals surface area contributed by atoms with Crippen LogP contribution in [0.5, 0.6) is 0 Å². The first kappa shape index (κ1) is 23.0. The van der Waals surface area contributed by atoms with Crippen LogP contribution in [0.1, 0.15) is 38.2 Å². The van der Waals surface area contributed by atoms with E-state index >= 15 is 0 Å². The minimum Gasteiger partial charge on any atom is -0.467 e. The number of benzene rings is 2. The number of rotatable bonds is 8. The molecule has 0 unspecified atom stereocenters. The first-order valence-electron chi connectivity index (χ1n) is 10.6. The Morgan fingerprint density at radius 1 is 0.969 bits per heavy atom. The van der Waals surface area contributed by atoms with Crippen LogP contribution in [0.15, 0.2) is 54.6 Å². The second kappa shape index (κ2) is 10.6. The van der Waals surface area contributed by atoms with Crippen molar-refractivity contribution in [3.8, 4) is 0 Å². The molecule has 0 bridgehead atoms. The summed E-state index contributed by atoms with van der Waals surface area (Å²) < 4.78 is 4.93. The first-order valence-corrected chi connectivity index (χ1v) is 10.6. The summed E-state index contributed by atoms with van der Waals surface area (Å²) in [4.78, 5) is 33.7. The highest BCUT2D eigenvalue weighted by molar-refractivity contribution is 5.91. The number of nitrogens with one attached hydrogen (secondary N) is 3. The van der Waals surface area contributed by atoms with Crippen molar-refractivity contribution in [2.45, 2.75) is 39.4 Å². The fourth-order valence-corrected chi connectivity index (χ4v) is 3.32. The second-order valence-electron chi connectivity index (χ2n) is 7.85. The Labute approximate surface area is 187 Å². The molecule has 0 saturated heterocycles. The number of para-hydroxylation sites is 1. The summed E-state index contributed by atoms with van der Waals surface area (Å²) in [5.41, 5.74) is 1.73. The van der Waals surface area contributed by atoms with Gasteiger partial charge in [0, 0.05) is 5.39 Å². The number of aromatic nitrogens is 2. The molecular formula is C24H29N5O3. The van der Waals surface area contributed by atoms with Gasteiger partial charge in [0.05, 0.1) is 25.2 Å². The normalized spacial score (nSPS) is 12.8. The summed E-state index contributed by atoms with van der Waals surface area (Å²) in [7, 11) is 1.36. The molecule has 0 radical (unpaired) electrons. The smallest absolute Gasteiger partial charge is 0.328 e. The van der Waals surface area contributed by atoms with Gasteiger partial charge in [0.2, 0.25) is 0 Å². The lowest BCUT2D eigenvalue weighted by Gasteiger charge is -2.21. The molecular weight excluding hydrogens is 406 g/mol. The molecule has 0 aliphatic carbocycles. The van der Waals surface area contributed by atoms with Gasteiger partial charge in [0.25, 0.3) is 0 Å². The number of hydrogen-bond acceptors (Lipinski definition) is 6. The monoisotopic (exact) mass is 435 g/mol. The molecule has 2 amide bonds. The van der Waals surface area contributed by atoms with Crippen LogP contribution in [-0.2, 0) is 16.1 Å². The lowest BCUT2D eigenvalue weighted by atomic mass is 10.0. The average molecular weight is 436 g/mol. The van der Waals surface area contributed by atoms with Crippen LogP contribution in [-0.4, -0.2) is 35.1 Å². The zero-order valence-electron chi connectivity index (χ0n) is 18.8. The fraction of sp³-hybridized carbons (Fsp3) is 0.333. The Bertz CT molecular complexity index is 1070. The molecule has 3 rings (SSSR count). The maximum absolute atomic E-state index is 12.4. The zero-order chi connectivity index (χ0) is 23.1. The minimum absolute atomic E-state index is 0.0111. The third kappa shape index (κ3) is 5.72. The third-order valence-electron chi connectivity index (χ3n) is 5.12. The van der Waals surface area contributed by atoms with E-state index in [0.717, 1.165) is 10.9 Å². The van der Waals surface area contributed by atoms with Crippen LogP contribution < -0.4 is 16.0 Å². The van der Waals surface area contributed by atoms with Crippen molar-refractivity contribution >= 4 is 28.7 Å². The summed E-state index contributed by atoms with van der Waals surface area (Å²) >= 11 is 0. The Morgan fingerprint density at radius 3 is 2.34 bits per heavy atom. The van der Waals surface area contributed by atoms with Crippen molar-refractivity contribution in [2.24, 2.45) is 5.92 Å². The van der Waals surface area contributed by atoms with E-state index in [0.29, 0.717) is 17.2 Å². The number of carbonyl (C=O) groups is 2. The van der Waals surface area contributed by atoms with Gasteiger partial charge in [-0.15, -0.1) is 0 Å². The van der Waals surface area contributed by atoms with E-state index in [1.54, 1.807) is 0 Å². The molecule has 168 valence electrons. The van der Waals surface area contributed by atoms with Crippen molar-refractivity contribution < 1.29 is 14.3 Å². The van der Waals surface area contributed by atoms with Gasteiger partial charge < -0.3 is 20.7 Å². The largest absolute Gasteiger partial charge is 0.467 e. The SMILES string of the molecule is COC(=O)[C@@H](Nc1nc(CNC(=O)N[C@H](C)c2ccccc2)nc2ccccc12)C(C)C. The van der Waals surface area contributed by atoms with Crippen LogP contribution >= 0.6 is 0 Å². The summed E-state index contributed by atoms with van der Waals surface area (Å²) in [5.74, 6) is 0.579. The summed E-state index contributed by atoms with van der Waals surface area (Å²) in [6, 6.07) is 16.2. The maximum atomic E-state index is 12.4. The van der Waals surface area contributed by atoms with Crippen LogP contribution in [0, 0.1) is 5.92 Å². The van der Waals surface area contributed by atoms with Gasteiger partial charge in [-0.2, -0.15) is 0 Å². The molecule has 2 atom stereocenters. The summed E-state index contributed by atoms with van der Waals surface area (Å²) in [6.07, 6.45) is 0. The molecule has 0 aliphatic rings. The number of hydrogen-bond donors (Lipinski definition) is 3. The fourth-order valence-electron chi connectivity index (χ4n) is 3.32. The highest BCUT2D eigenvalue weighted by Crippen LogP contribution is 2.22. The average Bonchev–Trinajstić information content (AvgIpc) is 2.80. The van der Waals surface area contributed by atoms with E-state index in [4.69, 9.17) is 4.74 Å². The van der Waals surface area contributed by atoms with Crippen LogP contribution in [0.4, 0.5) is 10.6 Å². The molecule has 2 aromatic carbocycles. The van der Waals surface area contributed by atoms with Crippen molar-refractivity contribution in [2.75, 3.05) is 12.4 Å². The number of ether oxygens (including phenoxy) is 1. The van der Waals surface area contributed by atoms with E-state index in [1.165, 1.54) is 7.11 Å². The molecule has 0 aliphatic heterocycles.